The molecule has 2 aromatic rings. The zero-order valence-corrected chi connectivity index (χ0v) is 22.7. The van der Waals surface area contributed by atoms with Crippen LogP contribution in [0.2, 0.25) is 0 Å². The summed E-state index contributed by atoms with van der Waals surface area (Å²) >= 11 is 0. The molecule has 0 aliphatic carbocycles. The van der Waals surface area contributed by atoms with E-state index in [-0.39, 0.29) is 5.91 Å². The highest BCUT2D eigenvalue weighted by Gasteiger charge is 2.09. The Balaban J connectivity index is 1.55. The fourth-order valence-electron chi connectivity index (χ4n) is 4.09. The van der Waals surface area contributed by atoms with E-state index in [0.717, 1.165) is 18.4 Å². The first-order valence-electron chi connectivity index (χ1n) is 13.9. The van der Waals surface area contributed by atoms with Crippen LogP contribution in [0.25, 0.3) is 0 Å². The SMILES string of the molecule is CCCCCCCCCCCCCCCC(=O)N/N=C\c1cccc(OC(=O)c2ccc(OC)cc2)c1. The second-order valence-electron chi connectivity index (χ2n) is 9.48. The van der Waals surface area contributed by atoms with Gasteiger partial charge in [-0.15, -0.1) is 0 Å². The fourth-order valence-corrected chi connectivity index (χ4v) is 4.09. The largest absolute Gasteiger partial charge is 0.497 e. The maximum Gasteiger partial charge on any atom is 0.343 e. The van der Waals surface area contributed by atoms with Gasteiger partial charge in [-0.2, -0.15) is 5.10 Å². The van der Waals surface area contributed by atoms with Crippen LogP contribution in [0.4, 0.5) is 0 Å². The Hall–Kier alpha value is -3.15. The van der Waals surface area contributed by atoms with Crippen LogP contribution >= 0.6 is 0 Å². The third-order valence-electron chi connectivity index (χ3n) is 6.30. The molecule has 2 rings (SSSR count). The van der Waals surface area contributed by atoms with Gasteiger partial charge in [-0.3, -0.25) is 4.79 Å². The summed E-state index contributed by atoms with van der Waals surface area (Å²) in [5, 5.41) is 4.04. The lowest BCUT2D eigenvalue weighted by Gasteiger charge is -2.06. The molecule has 0 unspecified atom stereocenters. The summed E-state index contributed by atoms with van der Waals surface area (Å²) in [6.07, 6.45) is 18.7. The highest BCUT2D eigenvalue weighted by molar-refractivity contribution is 5.91. The van der Waals surface area contributed by atoms with E-state index in [9.17, 15) is 9.59 Å². The number of amides is 1. The van der Waals surface area contributed by atoms with Crippen LogP contribution in [-0.4, -0.2) is 25.2 Å². The maximum atomic E-state index is 12.3. The summed E-state index contributed by atoms with van der Waals surface area (Å²) in [5.41, 5.74) is 3.74. The van der Waals surface area contributed by atoms with Crippen LogP contribution < -0.4 is 14.9 Å². The molecule has 0 aliphatic rings. The molecule has 6 heteroatoms. The van der Waals surface area contributed by atoms with E-state index in [4.69, 9.17) is 9.47 Å². The predicted molar refractivity (Wildman–Crippen MR) is 150 cm³/mol. The number of hydrogen-bond donors (Lipinski definition) is 1. The van der Waals surface area contributed by atoms with Crippen molar-refractivity contribution in [2.75, 3.05) is 7.11 Å². The number of nitrogens with zero attached hydrogens (tertiary/aromatic N) is 1. The molecule has 0 spiro atoms. The average Bonchev–Trinajstić information content (AvgIpc) is 2.91. The van der Waals surface area contributed by atoms with Crippen LogP contribution in [0.1, 0.15) is 113 Å². The van der Waals surface area contributed by atoms with Gasteiger partial charge in [0.2, 0.25) is 5.91 Å². The molecule has 0 aliphatic heterocycles. The third-order valence-corrected chi connectivity index (χ3v) is 6.30. The average molecular weight is 509 g/mol. The number of hydrazone groups is 1. The molecule has 202 valence electrons. The Morgan fingerprint density at radius 3 is 1.97 bits per heavy atom. The van der Waals surface area contributed by atoms with Crippen LogP contribution in [0.3, 0.4) is 0 Å². The first-order valence-corrected chi connectivity index (χ1v) is 13.9. The first-order chi connectivity index (χ1) is 18.1. The summed E-state index contributed by atoms with van der Waals surface area (Å²) in [6.45, 7) is 2.26. The summed E-state index contributed by atoms with van der Waals surface area (Å²) in [7, 11) is 1.57. The molecule has 6 nitrogen and oxygen atoms in total. The van der Waals surface area contributed by atoms with Gasteiger partial charge >= 0.3 is 5.97 Å². The van der Waals surface area contributed by atoms with Gasteiger partial charge in [-0.05, 0) is 48.4 Å². The molecular formula is C31H44N2O4. The van der Waals surface area contributed by atoms with Crippen molar-refractivity contribution in [2.24, 2.45) is 5.10 Å². The number of carbonyl (C=O) groups excluding carboxylic acids is 2. The highest BCUT2D eigenvalue weighted by atomic mass is 16.5. The lowest BCUT2D eigenvalue weighted by atomic mass is 10.0. The highest BCUT2D eigenvalue weighted by Crippen LogP contribution is 2.17. The van der Waals surface area contributed by atoms with Gasteiger partial charge in [0.1, 0.15) is 11.5 Å². The monoisotopic (exact) mass is 508 g/mol. The normalized spacial score (nSPS) is 11.0. The standard InChI is InChI=1S/C31H44N2O4/c1-3-4-5-6-7-8-9-10-11-12-13-14-15-19-30(34)33-32-25-26-17-16-18-29(24-26)37-31(35)27-20-22-28(36-2)23-21-27/h16-18,20-25H,3-15,19H2,1-2H3,(H,33,34)/b32-25-. The Morgan fingerprint density at radius 2 is 1.38 bits per heavy atom. The molecule has 2 aromatic carbocycles. The van der Waals surface area contributed by atoms with Crippen molar-refractivity contribution in [3.8, 4) is 11.5 Å². The van der Waals surface area contributed by atoms with Gasteiger partial charge in [0, 0.05) is 6.42 Å². The number of carbonyl (C=O) groups is 2. The van der Waals surface area contributed by atoms with Crippen LogP contribution in [0.5, 0.6) is 11.5 Å². The molecule has 0 bridgehead atoms. The van der Waals surface area contributed by atoms with Crippen molar-refractivity contribution >= 4 is 18.1 Å². The second kappa shape index (κ2) is 19.0. The van der Waals surface area contributed by atoms with Crippen molar-refractivity contribution in [3.05, 3.63) is 59.7 Å². The third kappa shape index (κ3) is 13.7. The molecule has 37 heavy (non-hydrogen) atoms. The van der Waals surface area contributed by atoms with Gasteiger partial charge in [0.05, 0.1) is 18.9 Å². The quantitative estimate of drug-likeness (QED) is 0.0689. The molecule has 0 atom stereocenters. The number of rotatable bonds is 19. The Morgan fingerprint density at radius 1 is 0.784 bits per heavy atom. The van der Waals surface area contributed by atoms with E-state index < -0.39 is 5.97 Å². The number of methoxy groups -OCH3 is 1. The minimum Gasteiger partial charge on any atom is -0.497 e. The Labute approximate surface area is 222 Å². The number of benzene rings is 2. The fraction of sp³-hybridized carbons (Fsp3) is 0.516. The summed E-state index contributed by atoms with van der Waals surface area (Å²) < 4.78 is 10.5. The lowest BCUT2D eigenvalue weighted by Crippen LogP contribution is -2.16. The second-order valence-corrected chi connectivity index (χ2v) is 9.48. The predicted octanol–water partition coefficient (Wildman–Crippen LogP) is 7.85. The van der Waals surface area contributed by atoms with Crippen LogP contribution in [-0.2, 0) is 4.79 Å². The summed E-state index contributed by atoms with van der Waals surface area (Å²) in [6, 6.07) is 13.7. The Kier molecular flexibility index (Phi) is 15.5. The van der Waals surface area contributed by atoms with Crippen molar-refractivity contribution in [3.63, 3.8) is 0 Å². The number of esters is 1. The molecule has 1 amide bonds. The number of unbranched alkanes of at least 4 members (excludes halogenated alkanes) is 12. The Bertz CT molecular complexity index is 940. The number of nitrogens with one attached hydrogen (secondary N) is 1. The van der Waals surface area contributed by atoms with Crippen LogP contribution in [0.15, 0.2) is 53.6 Å². The van der Waals surface area contributed by atoms with Crippen LogP contribution in [0, 0.1) is 0 Å². The van der Waals surface area contributed by atoms with Crippen molar-refractivity contribution < 1.29 is 19.1 Å². The molecule has 0 radical (unpaired) electrons. The van der Waals surface area contributed by atoms with Gasteiger partial charge in [0.15, 0.2) is 0 Å². The van der Waals surface area contributed by atoms with E-state index in [0.29, 0.717) is 23.5 Å². The van der Waals surface area contributed by atoms with Gasteiger partial charge in [-0.1, -0.05) is 96.1 Å². The molecule has 0 aromatic heterocycles. The van der Waals surface area contributed by atoms with E-state index in [1.165, 1.54) is 70.6 Å². The molecular weight excluding hydrogens is 464 g/mol. The van der Waals surface area contributed by atoms with E-state index in [2.05, 4.69) is 17.5 Å². The van der Waals surface area contributed by atoms with Crippen molar-refractivity contribution in [1.29, 1.82) is 0 Å². The van der Waals surface area contributed by atoms with E-state index in [1.807, 2.05) is 6.07 Å². The van der Waals surface area contributed by atoms with E-state index >= 15 is 0 Å². The lowest BCUT2D eigenvalue weighted by molar-refractivity contribution is -0.121. The van der Waals surface area contributed by atoms with Crippen molar-refractivity contribution in [1.82, 2.24) is 5.43 Å². The maximum absolute atomic E-state index is 12.3. The molecule has 0 heterocycles. The van der Waals surface area contributed by atoms with Gasteiger partial charge in [0.25, 0.3) is 0 Å². The number of ether oxygens (including phenoxy) is 2. The van der Waals surface area contributed by atoms with Gasteiger partial charge in [-0.25, -0.2) is 10.2 Å². The molecule has 0 fully saturated rings. The van der Waals surface area contributed by atoms with E-state index in [1.54, 1.807) is 55.8 Å². The van der Waals surface area contributed by atoms with Crippen molar-refractivity contribution in [2.45, 2.75) is 96.8 Å². The summed E-state index contributed by atoms with van der Waals surface area (Å²) in [4.78, 5) is 24.4. The van der Waals surface area contributed by atoms with Gasteiger partial charge < -0.3 is 9.47 Å². The number of hydrogen-bond acceptors (Lipinski definition) is 5. The minimum atomic E-state index is -0.456. The zero-order chi connectivity index (χ0) is 26.6. The zero-order valence-electron chi connectivity index (χ0n) is 22.7. The topological polar surface area (TPSA) is 77.0 Å². The summed E-state index contributed by atoms with van der Waals surface area (Å²) in [5.74, 6) is 0.540. The smallest absolute Gasteiger partial charge is 0.343 e. The first kappa shape index (κ1) is 30.1. The molecule has 0 saturated heterocycles. The molecule has 1 N–H and O–H groups in total. The minimum absolute atomic E-state index is 0.0820. The molecule has 0 saturated carbocycles.